The molecule has 48 valence electrons. The van der Waals surface area contributed by atoms with Gasteiger partial charge in [-0.15, -0.1) is 0 Å². The van der Waals surface area contributed by atoms with Gasteiger partial charge in [-0.1, -0.05) is 12.2 Å². The van der Waals surface area contributed by atoms with Gasteiger partial charge in [0.15, 0.2) is 0 Å². The molecule has 1 heteroatoms. The molecule has 9 heavy (non-hydrogen) atoms. The second-order valence-corrected chi connectivity index (χ2v) is 2.98. The number of carbonyl (C=O) groups excluding carboxylic acids is 1. The highest BCUT2D eigenvalue weighted by atomic mass is 16.1. The highest BCUT2D eigenvalue weighted by molar-refractivity contribution is 5.87. The van der Waals surface area contributed by atoms with Crippen LogP contribution in [0.25, 0.3) is 0 Å². The molecule has 0 aromatic rings. The Morgan fingerprint density at radius 2 is 2.11 bits per heavy atom. The number of hydrogen-bond acceptors (Lipinski definition) is 1. The van der Waals surface area contributed by atoms with Crippen molar-refractivity contribution >= 4 is 5.78 Å². The molecule has 1 saturated carbocycles. The molecule has 0 saturated heterocycles. The number of carbonyl (C=O) groups is 1. The molecule has 2 rings (SSSR count). The van der Waals surface area contributed by atoms with Crippen molar-refractivity contribution in [1.29, 1.82) is 0 Å². The Bertz CT molecular complexity index is 169. The molecule has 2 aliphatic rings. The van der Waals surface area contributed by atoms with Gasteiger partial charge in [0.2, 0.25) is 0 Å². The Hall–Kier alpha value is -0.590. The molecule has 0 N–H and O–H groups in total. The van der Waals surface area contributed by atoms with Crippen molar-refractivity contribution in [3.8, 4) is 0 Å². The van der Waals surface area contributed by atoms with Crippen molar-refractivity contribution in [2.75, 3.05) is 0 Å². The molecule has 0 bridgehead atoms. The lowest BCUT2D eigenvalue weighted by molar-refractivity contribution is -0.134. The minimum Gasteiger partial charge on any atom is -0.299 e. The lowest BCUT2D eigenvalue weighted by Crippen LogP contribution is -2.37. The molecule has 0 unspecified atom stereocenters. The Morgan fingerprint density at radius 1 is 1.33 bits per heavy atom. The van der Waals surface area contributed by atoms with Crippen LogP contribution in [-0.2, 0) is 4.79 Å². The molecular weight excluding hydrogens is 112 g/mol. The molecule has 2 aliphatic carbocycles. The summed E-state index contributed by atoms with van der Waals surface area (Å²) in [6.45, 7) is 0. The molecular formula is C8H10O. The molecule has 0 aromatic carbocycles. The van der Waals surface area contributed by atoms with Crippen LogP contribution in [0.3, 0.4) is 0 Å². The van der Waals surface area contributed by atoms with Crippen LogP contribution in [0.1, 0.15) is 19.3 Å². The maximum absolute atomic E-state index is 10.8. The molecule has 0 aliphatic heterocycles. The van der Waals surface area contributed by atoms with Gasteiger partial charge in [-0.2, -0.15) is 0 Å². The standard InChI is InChI=1S/C8H10O/c9-8-5-6-3-1-2-4-7(6)8/h1-2,6-7H,3-5H2/t6-,7-/m1/s1. The van der Waals surface area contributed by atoms with E-state index in [2.05, 4.69) is 12.2 Å². The molecule has 0 radical (unpaired) electrons. The van der Waals surface area contributed by atoms with E-state index in [-0.39, 0.29) is 0 Å². The third-order valence-corrected chi connectivity index (χ3v) is 2.44. The highest BCUT2D eigenvalue weighted by Crippen LogP contribution is 2.38. The largest absolute Gasteiger partial charge is 0.299 e. The fraction of sp³-hybridized carbons (Fsp3) is 0.625. The first-order chi connectivity index (χ1) is 4.38. The van der Waals surface area contributed by atoms with E-state index in [0.717, 1.165) is 25.2 Å². The summed E-state index contributed by atoms with van der Waals surface area (Å²) < 4.78 is 0. The van der Waals surface area contributed by atoms with E-state index >= 15 is 0 Å². The fourth-order valence-corrected chi connectivity index (χ4v) is 1.74. The first-order valence-corrected chi connectivity index (χ1v) is 3.55. The van der Waals surface area contributed by atoms with E-state index in [0.29, 0.717) is 11.7 Å². The Morgan fingerprint density at radius 3 is 2.67 bits per heavy atom. The van der Waals surface area contributed by atoms with Crippen molar-refractivity contribution in [3.63, 3.8) is 0 Å². The van der Waals surface area contributed by atoms with Gasteiger partial charge in [0.05, 0.1) is 0 Å². The first kappa shape index (κ1) is 5.21. The van der Waals surface area contributed by atoms with Gasteiger partial charge < -0.3 is 0 Å². The van der Waals surface area contributed by atoms with Crippen LogP contribution < -0.4 is 0 Å². The predicted octanol–water partition coefficient (Wildman–Crippen LogP) is 1.54. The molecule has 0 amide bonds. The maximum atomic E-state index is 10.8. The molecule has 0 spiro atoms. The smallest absolute Gasteiger partial charge is 0.136 e. The maximum Gasteiger partial charge on any atom is 0.136 e. The minimum absolute atomic E-state index is 0.426. The molecule has 2 atom stereocenters. The van der Waals surface area contributed by atoms with Crippen LogP contribution in [0.5, 0.6) is 0 Å². The lowest BCUT2D eigenvalue weighted by Gasteiger charge is -2.35. The van der Waals surface area contributed by atoms with Crippen LogP contribution >= 0.6 is 0 Å². The van der Waals surface area contributed by atoms with Gasteiger partial charge in [-0.05, 0) is 18.8 Å². The van der Waals surface area contributed by atoms with Crippen molar-refractivity contribution in [2.24, 2.45) is 11.8 Å². The molecule has 1 nitrogen and oxygen atoms in total. The number of hydrogen-bond donors (Lipinski definition) is 0. The number of rotatable bonds is 0. The second kappa shape index (κ2) is 1.69. The van der Waals surface area contributed by atoms with Crippen molar-refractivity contribution in [3.05, 3.63) is 12.2 Å². The van der Waals surface area contributed by atoms with E-state index in [1.54, 1.807) is 0 Å². The van der Waals surface area contributed by atoms with Crippen LogP contribution in [0.15, 0.2) is 12.2 Å². The van der Waals surface area contributed by atoms with Crippen LogP contribution in [0.2, 0.25) is 0 Å². The Labute approximate surface area is 54.8 Å². The van der Waals surface area contributed by atoms with Crippen LogP contribution in [0, 0.1) is 11.8 Å². The monoisotopic (exact) mass is 122 g/mol. The Balaban J connectivity index is 2.12. The van der Waals surface area contributed by atoms with E-state index in [1.165, 1.54) is 0 Å². The summed E-state index contributed by atoms with van der Waals surface area (Å²) >= 11 is 0. The predicted molar refractivity (Wildman–Crippen MR) is 35.0 cm³/mol. The fourth-order valence-electron chi connectivity index (χ4n) is 1.74. The van der Waals surface area contributed by atoms with Gasteiger partial charge in [0, 0.05) is 12.3 Å². The summed E-state index contributed by atoms with van der Waals surface area (Å²) in [4.78, 5) is 10.8. The summed E-state index contributed by atoms with van der Waals surface area (Å²) in [7, 11) is 0. The summed E-state index contributed by atoms with van der Waals surface area (Å²) in [5.74, 6) is 1.64. The zero-order valence-corrected chi connectivity index (χ0v) is 5.34. The normalized spacial score (nSPS) is 39.8. The van der Waals surface area contributed by atoms with Crippen molar-refractivity contribution in [1.82, 2.24) is 0 Å². The summed E-state index contributed by atoms with van der Waals surface area (Å²) in [5, 5.41) is 0. The van der Waals surface area contributed by atoms with Crippen molar-refractivity contribution in [2.45, 2.75) is 19.3 Å². The molecule has 0 heterocycles. The van der Waals surface area contributed by atoms with E-state index in [4.69, 9.17) is 0 Å². The summed E-state index contributed by atoms with van der Waals surface area (Å²) in [6, 6.07) is 0. The average Bonchev–Trinajstić information content (AvgIpc) is 1.86. The zero-order chi connectivity index (χ0) is 6.27. The highest BCUT2D eigenvalue weighted by Gasteiger charge is 2.38. The first-order valence-electron chi connectivity index (χ1n) is 3.55. The number of fused-ring (bicyclic) bond motifs is 1. The van der Waals surface area contributed by atoms with Crippen LogP contribution in [-0.4, -0.2) is 5.78 Å². The van der Waals surface area contributed by atoms with Gasteiger partial charge in [0.25, 0.3) is 0 Å². The topological polar surface area (TPSA) is 17.1 Å². The van der Waals surface area contributed by atoms with E-state index < -0.39 is 0 Å². The minimum atomic E-state index is 0.426. The number of ketones is 1. The van der Waals surface area contributed by atoms with Gasteiger partial charge in [-0.3, -0.25) is 4.79 Å². The van der Waals surface area contributed by atoms with Gasteiger partial charge in [0.1, 0.15) is 5.78 Å². The third kappa shape index (κ3) is 0.640. The van der Waals surface area contributed by atoms with E-state index in [9.17, 15) is 4.79 Å². The second-order valence-electron chi connectivity index (χ2n) is 2.98. The summed E-state index contributed by atoms with van der Waals surface area (Å²) in [6.07, 6.45) is 7.36. The number of allylic oxidation sites excluding steroid dienone is 2. The number of Topliss-reactive ketones (excluding diaryl/α,β-unsaturated/α-hetero) is 1. The zero-order valence-electron chi connectivity index (χ0n) is 5.34. The SMILES string of the molecule is O=C1C[C@H]2CC=CC[C@@H]12. The van der Waals surface area contributed by atoms with Gasteiger partial charge >= 0.3 is 0 Å². The summed E-state index contributed by atoms with van der Waals surface area (Å²) in [5.41, 5.74) is 0. The van der Waals surface area contributed by atoms with Gasteiger partial charge in [-0.25, -0.2) is 0 Å². The lowest BCUT2D eigenvalue weighted by atomic mass is 9.67. The quantitative estimate of drug-likeness (QED) is 0.445. The van der Waals surface area contributed by atoms with Crippen LogP contribution in [0.4, 0.5) is 0 Å². The third-order valence-electron chi connectivity index (χ3n) is 2.44. The molecule has 0 aromatic heterocycles. The molecule has 1 fully saturated rings. The Kier molecular flexibility index (Phi) is 0.981. The van der Waals surface area contributed by atoms with E-state index in [1.807, 2.05) is 0 Å². The van der Waals surface area contributed by atoms with Crippen molar-refractivity contribution < 1.29 is 4.79 Å². The average molecular weight is 122 g/mol.